The van der Waals surface area contributed by atoms with Gasteiger partial charge in [-0.25, -0.2) is 4.79 Å². The number of nitrogens with zero attached hydrogens (tertiary/aromatic N) is 1. The summed E-state index contributed by atoms with van der Waals surface area (Å²) in [4.78, 5) is 24.6. The molecule has 20 heavy (non-hydrogen) atoms. The number of rotatable bonds is 6. The van der Waals surface area contributed by atoms with Crippen LogP contribution in [0.1, 0.15) is 59.3 Å². The summed E-state index contributed by atoms with van der Waals surface area (Å²) in [5, 5.41) is 11.8. The number of aliphatic carboxylic acids is 1. The van der Waals surface area contributed by atoms with Crippen LogP contribution in [0.4, 0.5) is 4.79 Å². The molecule has 0 aromatic rings. The van der Waals surface area contributed by atoms with Crippen molar-refractivity contribution >= 4 is 12.0 Å². The molecule has 0 heterocycles. The lowest BCUT2D eigenvalue weighted by Crippen LogP contribution is -2.48. The van der Waals surface area contributed by atoms with Gasteiger partial charge in [0.2, 0.25) is 0 Å². The average Bonchev–Trinajstić information content (AvgIpc) is 2.37. The summed E-state index contributed by atoms with van der Waals surface area (Å²) in [5.41, 5.74) is 0.198. The molecule has 2 N–H and O–H groups in total. The smallest absolute Gasteiger partial charge is 0.317 e. The van der Waals surface area contributed by atoms with Crippen molar-refractivity contribution < 1.29 is 14.7 Å². The summed E-state index contributed by atoms with van der Waals surface area (Å²) in [5.74, 6) is -0.872. The number of carbonyl (C=O) groups excluding carboxylic acids is 1. The van der Waals surface area contributed by atoms with Gasteiger partial charge in [0.15, 0.2) is 0 Å². The van der Waals surface area contributed by atoms with Crippen LogP contribution < -0.4 is 5.32 Å². The Kier molecular flexibility index (Phi) is 6.30. The van der Waals surface area contributed by atoms with Gasteiger partial charge in [-0.15, -0.1) is 0 Å². The molecule has 1 fully saturated rings. The highest BCUT2D eigenvalue weighted by molar-refractivity contribution is 5.75. The van der Waals surface area contributed by atoms with E-state index in [-0.39, 0.29) is 23.9 Å². The standard InChI is InChI=1S/C15H28N2O3/c1-4-17(12(2)10-13(18)19)14(20)16-11-15(3)8-6-5-7-9-15/h12H,4-11H2,1-3H3,(H,16,20)(H,18,19). The third-order valence-electron chi connectivity index (χ3n) is 4.33. The second-order valence-corrected chi connectivity index (χ2v) is 6.26. The van der Waals surface area contributed by atoms with Crippen molar-refractivity contribution in [2.75, 3.05) is 13.1 Å². The fourth-order valence-corrected chi connectivity index (χ4v) is 2.99. The maximum atomic E-state index is 12.2. The molecule has 1 aliphatic carbocycles. The number of hydrogen-bond acceptors (Lipinski definition) is 2. The Morgan fingerprint density at radius 2 is 1.90 bits per heavy atom. The van der Waals surface area contributed by atoms with Crippen molar-refractivity contribution in [3.63, 3.8) is 0 Å². The summed E-state index contributed by atoms with van der Waals surface area (Å²) in [6.07, 6.45) is 6.06. The van der Waals surface area contributed by atoms with Gasteiger partial charge in [0, 0.05) is 19.1 Å². The molecule has 0 bridgehead atoms. The predicted molar refractivity (Wildman–Crippen MR) is 78.7 cm³/mol. The molecule has 1 atom stereocenters. The van der Waals surface area contributed by atoms with Crippen LogP contribution in [0.5, 0.6) is 0 Å². The van der Waals surface area contributed by atoms with Gasteiger partial charge < -0.3 is 15.3 Å². The Balaban J connectivity index is 2.48. The number of nitrogens with one attached hydrogen (secondary N) is 1. The Hall–Kier alpha value is -1.26. The van der Waals surface area contributed by atoms with Crippen molar-refractivity contribution in [1.82, 2.24) is 10.2 Å². The Bertz CT molecular complexity index is 338. The van der Waals surface area contributed by atoms with Crippen LogP contribution >= 0.6 is 0 Å². The van der Waals surface area contributed by atoms with E-state index in [9.17, 15) is 9.59 Å². The maximum Gasteiger partial charge on any atom is 0.317 e. The molecule has 1 saturated carbocycles. The molecule has 0 aromatic carbocycles. The van der Waals surface area contributed by atoms with E-state index in [2.05, 4.69) is 12.2 Å². The molecule has 0 aliphatic heterocycles. The van der Waals surface area contributed by atoms with Crippen LogP contribution in [0, 0.1) is 5.41 Å². The molecular weight excluding hydrogens is 256 g/mol. The molecule has 0 radical (unpaired) electrons. The fraction of sp³-hybridized carbons (Fsp3) is 0.867. The van der Waals surface area contributed by atoms with Crippen molar-refractivity contribution in [2.24, 2.45) is 5.41 Å². The van der Waals surface area contributed by atoms with E-state index in [0.29, 0.717) is 13.1 Å². The van der Waals surface area contributed by atoms with E-state index in [4.69, 9.17) is 5.11 Å². The SMILES string of the molecule is CCN(C(=O)NCC1(C)CCCCC1)C(C)CC(=O)O. The number of carboxylic acids is 1. The zero-order valence-corrected chi connectivity index (χ0v) is 12.9. The number of urea groups is 1. The second kappa shape index (κ2) is 7.50. The molecule has 1 rings (SSSR count). The highest BCUT2D eigenvalue weighted by Gasteiger charge is 2.28. The normalized spacial score (nSPS) is 19.1. The van der Waals surface area contributed by atoms with Crippen LogP contribution in [-0.2, 0) is 4.79 Å². The van der Waals surface area contributed by atoms with E-state index < -0.39 is 5.97 Å². The molecule has 5 nitrogen and oxygen atoms in total. The quantitative estimate of drug-likeness (QED) is 0.788. The largest absolute Gasteiger partial charge is 0.481 e. The first-order valence-corrected chi connectivity index (χ1v) is 7.64. The maximum absolute atomic E-state index is 12.2. The molecule has 1 aliphatic rings. The van der Waals surface area contributed by atoms with Gasteiger partial charge in [0.05, 0.1) is 6.42 Å². The Morgan fingerprint density at radius 3 is 2.40 bits per heavy atom. The Morgan fingerprint density at radius 1 is 1.30 bits per heavy atom. The fourth-order valence-electron chi connectivity index (χ4n) is 2.99. The number of hydrogen-bond donors (Lipinski definition) is 2. The van der Waals surface area contributed by atoms with Crippen LogP contribution in [-0.4, -0.2) is 41.1 Å². The molecule has 5 heteroatoms. The van der Waals surface area contributed by atoms with Gasteiger partial charge in [0.1, 0.15) is 0 Å². The van der Waals surface area contributed by atoms with Crippen molar-refractivity contribution in [2.45, 2.75) is 65.3 Å². The van der Waals surface area contributed by atoms with Gasteiger partial charge in [-0.1, -0.05) is 26.2 Å². The van der Waals surface area contributed by atoms with Gasteiger partial charge in [-0.2, -0.15) is 0 Å². The van der Waals surface area contributed by atoms with Crippen LogP contribution in [0.15, 0.2) is 0 Å². The lowest BCUT2D eigenvalue weighted by molar-refractivity contribution is -0.138. The number of carbonyl (C=O) groups is 2. The highest BCUT2D eigenvalue weighted by Crippen LogP contribution is 2.34. The summed E-state index contributed by atoms with van der Waals surface area (Å²) < 4.78 is 0. The monoisotopic (exact) mass is 284 g/mol. The minimum atomic E-state index is -0.872. The second-order valence-electron chi connectivity index (χ2n) is 6.26. The Labute approximate surface area is 121 Å². The molecule has 0 aromatic heterocycles. The van der Waals surface area contributed by atoms with E-state index in [0.717, 1.165) is 12.8 Å². The zero-order chi connectivity index (χ0) is 15.2. The van der Waals surface area contributed by atoms with Crippen LogP contribution in [0.2, 0.25) is 0 Å². The molecule has 2 amide bonds. The van der Waals surface area contributed by atoms with E-state index in [1.165, 1.54) is 19.3 Å². The highest BCUT2D eigenvalue weighted by atomic mass is 16.4. The van der Waals surface area contributed by atoms with E-state index in [1.54, 1.807) is 11.8 Å². The van der Waals surface area contributed by atoms with E-state index >= 15 is 0 Å². The van der Waals surface area contributed by atoms with Gasteiger partial charge in [0.25, 0.3) is 0 Å². The molecule has 0 spiro atoms. The van der Waals surface area contributed by atoms with Crippen LogP contribution in [0.25, 0.3) is 0 Å². The third kappa shape index (κ3) is 5.02. The lowest BCUT2D eigenvalue weighted by Gasteiger charge is -2.35. The number of amides is 2. The van der Waals surface area contributed by atoms with Crippen molar-refractivity contribution in [3.8, 4) is 0 Å². The summed E-state index contributed by atoms with van der Waals surface area (Å²) in [6.45, 7) is 7.09. The van der Waals surface area contributed by atoms with Gasteiger partial charge in [-0.05, 0) is 32.1 Å². The van der Waals surface area contributed by atoms with Crippen LogP contribution in [0.3, 0.4) is 0 Å². The topological polar surface area (TPSA) is 69.6 Å². The minimum absolute atomic E-state index is 0.0153. The van der Waals surface area contributed by atoms with Gasteiger partial charge in [-0.3, -0.25) is 4.79 Å². The van der Waals surface area contributed by atoms with Crippen molar-refractivity contribution in [3.05, 3.63) is 0 Å². The summed E-state index contributed by atoms with van der Waals surface area (Å²) in [7, 11) is 0. The average molecular weight is 284 g/mol. The first-order chi connectivity index (χ1) is 9.38. The zero-order valence-electron chi connectivity index (χ0n) is 12.9. The third-order valence-corrected chi connectivity index (χ3v) is 4.33. The lowest BCUT2D eigenvalue weighted by atomic mass is 9.76. The first kappa shape index (κ1) is 16.8. The molecule has 0 saturated heterocycles. The predicted octanol–water partition coefficient (Wildman–Crippen LogP) is 2.85. The first-order valence-electron chi connectivity index (χ1n) is 7.64. The van der Waals surface area contributed by atoms with Gasteiger partial charge >= 0.3 is 12.0 Å². The molecular formula is C15H28N2O3. The molecule has 116 valence electrons. The van der Waals surface area contributed by atoms with Crippen molar-refractivity contribution in [1.29, 1.82) is 0 Å². The number of carboxylic acid groups (broad SMARTS) is 1. The summed E-state index contributed by atoms with van der Waals surface area (Å²) in [6, 6.07) is -0.426. The van der Waals surface area contributed by atoms with E-state index in [1.807, 2.05) is 6.92 Å². The molecule has 1 unspecified atom stereocenters. The minimum Gasteiger partial charge on any atom is -0.481 e. The summed E-state index contributed by atoms with van der Waals surface area (Å²) >= 11 is 0.